The van der Waals surface area contributed by atoms with Gasteiger partial charge in [-0.3, -0.25) is 13.9 Å². The van der Waals surface area contributed by atoms with E-state index in [4.69, 9.17) is 0 Å². The summed E-state index contributed by atoms with van der Waals surface area (Å²) in [6.07, 6.45) is 4.78. The number of nitrogens with zero attached hydrogens (tertiary/aromatic N) is 3. The van der Waals surface area contributed by atoms with Crippen LogP contribution in [-0.4, -0.2) is 18.7 Å². The third-order valence-corrected chi connectivity index (χ3v) is 5.86. The Bertz CT molecular complexity index is 1500. The summed E-state index contributed by atoms with van der Waals surface area (Å²) in [7, 11) is 3.24. The van der Waals surface area contributed by atoms with Crippen molar-refractivity contribution in [1.29, 1.82) is 0 Å². The highest BCUT2D eigenvalue weighted by Gasteiger charge is 2.19. The highest BCUT2D eigenvalue weighted by Crippen LogP contribution is 2.28. The van der Waals surface area contributed by atoms with Crippen molar-refractivity contribution in [2.24, 2.45) is 14.1 Å². The predicted molar refractivity (Wildman–Crippen MR) is 120 cm³/mol. The monoisotopic (exact) mass is 398 g/mol. The van der Waals surface area contributed by atoms with Gasteiger partial charge in [0.05, 0.1) is 16.6 Å². The summed E-state index contributed by atoms with van der Waals surface area (Å²) in [6, 6.07) is 18.1. The van der Waals surface area contributed by atoms with E-state index in [9.17, 15) is 9.59 Å². The van der Waals surface area contributed by atoms with Crippen LogP contribution in [0, 0.1) is 0 Å². The smallest absolute Gasteiger partial charge is 0.330 e. The van der Waals surface area contributed by atoms with Crippen molar-refractivity contribution in [3.05, 3.63) is 93.4 Å². The van der Waals surface area contributed by atoms with Crippen LogP contribution in [0.4, 0.5) is 0 Å². The molecule has 0 aliphatic heterocycles. The number of hydrogen-bond acceptors (Lipinski definition) is 2. The number of hydrogen-bond donors (Lipinski definition) is 1. The van der Waals surface area contributed by atoms with Gasteiger partial charge in [0.15, 0.2) is 0 Å². The third-order valence-electron chi connectivity index (χ3n) is 5.86. The van der Waals surface area contributed by atoms with Crippen LogP contribution in [-0.2, 0) is 27.1 Å². The van der Waals surface area contributed by atoms with Gasteiger partial charge in [-0.05, 0) is 23.6 Å². The molecule has 0 saturated carbocycles. The van der Waals surface area contributed by atoms with Gasteiger partial charge in [0.1, 0.15) is 0 Å². The maximum absolute atomic E-state index is 13.0. The van der Waals surface area contributed by atoms with Gasteiger partial charge in [0.2, 0.25) is 0 Å². The quantitative estimate of drug-likeness (QED) is 0.504. The van der Waals surface area contributed by atoms with Crippen molar-refractivity contribution in [3.8, 4) is 11.3 Å². The number of benzene rings is 2. The first-order valence-corrected chi connectivity index (χ1v) is 9.95. The lowest BCUT2D eigenvalue weighted by molar-refractivity contribution is 0.705. The first-order valence-electron chi connectivity index (χ1n) is 9.95. The first kappa shape index (κ1) is 18.2. The fourth-order valence-electron chi connectivity index (χ4n) is 4.25. The van der Waals surface area contributed by atoms with E-state index in [1.165, 1.54) is 22.6 Å². The van der Waals surface area contributed by atoms with Gasteiger partial charge in [0, 0.05) is 43.9 Å². The molecule has 0 amide bonds. The van der Waals surface area contributed by atoms with Crippen LogP contribution in [0.1, 0.15) is 5.56 Å². The molecule has 0 bridgehead atoms. The van der Waals surface area contributed by atoms with E-state index in [-0.39, 0.29) is 11.2 Å². The molecule has 3 aromatic heterocycles. The second kappa shape index (κ2) is 6.91. The molecule has 2 aromatic carbocycles. The number of H-pyrrole nitrogens is 1. The number of para-hydroxylation sites is 1. The summed E-state index contributed by atoms with van der Waals surface area (Å²) >= 11 is 0. The molecule has 1 N–H and O–H groups in total. The number of rotatable bonds is 4. The zero-order valence-electron chi connectivity index (χ0n) is 16.9. The Hall–Kier alpha value is -3.80. The molecular weight excluding hydrogens is 376 g/mol. The highest BCUT2D eigenvalue weighted by molar-refractivity contribution is 5.93. The molecule has 6 heteroatoms. The molecule has 0 fully saturated rings. The summed E-state index contributed by atoms with van der Waals surface area (Å²) in [5.74, 6) is 0. The third kappa shape index (κ3) is 2.72. The van der Waals surface area contributed by atoms with Crippen molar-refractivity contribution < 1.29 is 0 Å². The van der Waals surface area contributed by atoms with Crippen LogP contribution in [0.15, 0.2) is 76.6 Å². The maximum Gasteiger partial charge on any atom is 0.330 e. The molecule has 0 aliphatic carbocycles. The van der Waals surface area contributed by atoms with E-state index in [1.54, 1.807) is 11.6 Å². The summed E-state index contributed by atoms with van der Waals surface area (Å²) < 4.78 is 4.83. The van der Waals surface area contributed by atoms with Gasteiger partial charge < -0.3 is 9.55 Å². The SMILES string of the molecule is Cn1c(=O)c2c(-c3ccccc3)n(CCc3c[nH]c4ccccc34)cc2n(C)c1=O. The van der Waals surface area contributed by atoms with E-state index in [2.05, 4.69) is 21.7 Å². The summed E-state index contributed by atoms with van der Waals surface area (Å²) in [4.78, 5) is 28.8. The van der Waals surface area contributed by atoms with E-state index >= 15 is 0 Å². The Morgan fingerprint density at radius 1 is 0.900 bits per heavy atom. The van der Waals surface area contributed by atoms with Gasteiger partial charge in [-0.25, -0.2) is 4.79 Å². The van der Waals surface area contributed by atoms with Gasteiger partial charge >= 0.3 is 5.69 Å². The Morgan fingerprint density at radius 2 is 1.63 bits per heavy atom. The number of nitrogens with one attached hydrogen (secondary N) is 1. The zero-order valence-corrected chi connectivity index (χ0v) is 16.9. The normalized spacial score (nSPS) is 11.5. The number of aromatic amines is 1. The molecule has 5 aromatic rings. The lowest BCUT2D eigenvalue weighted by Crippen LogP contribution is -2.36. The second-order valence-corrected chi connectivity index (χ2v) is 7.61. The van der Waals surface area contributed by atoms with Crippen molar-refractivity contribution in [1.82, 2.24) is 18.7 Å². The van der Waals surface area contributed by atoms with Crippen LogP contribution >= 0.6 is 0 Å². The summed E-state index contributed by atoms with van der Waals surface area (Å²) in [5, 5.41) is 1.78. The molecule has 150 valence electrons. The van der Waals surface area contributed by atoms with Crippen molar-refractivity contribution in [2.75, 3.05) is 0 Å². The van der Waals surface area contributed by atoms with Gasteiger partial charge in [-0.15, -0.1) is 0 Å². The Kier molecular flexibility index (Phi) is 4.20. The zero-order chi connectivity index (χ0) is 20.8. The lowest BCUT2D eigenvalue weighted by atomic mass is 10.1. The number of aryl methyl sites for hydroxylation is 3. The average Bonchev–Trinajstić information content (AvgIpc) is 3.37. The van der Waals surface area contributed by atoms with Gasteiger partial charge in [0.25, 0.3) is 5.56 Å². The van der Waals surface area contributed by atoms with Crippen molar-refractivity contribution >= 4 is 21.8 Å². The molecule has 3 heterocycles. The molecule has 0 aliphatic rings. The van der Waals surface area contributed by atoms with Crippen LogP contribution in [0.2, 0.25) is 0 Å². The lowest BCUT2D eigenvalue weighted by Gasteiger charge is -2.10. The fourth-order valence-corrected chi connectivity index (χ4v) is 4.25. The molecule has 0 saturated heterocycles. The Morgan fingerprint density at radius 3 is 2.43 bits per heavy atom. The van der Waals surface area contributed by atoms with Crippen LogP contribution in [0.25, 0.3) is 33.1 Å². The van der Waals surface area contributed by atoms with E-state index in [0.717, 1.165) is 23.2 Å². The minimum atomic E-state index is -0.319. The Balaban J connectivity index is 1.69. The summed E-state index contributed by atoms with van der Waals surface area (Å²) in [5.41, 5.74) is 4.22. The average molecular weight is 398 g/mol. The van der Waals surface area contributed by atoms with E-state index in [1.807, 2.05) is 54.9 Å². The second-order valence-electron chi connectivity index (χ2n) is 7.61. The standard InChI is InChI=1S/C24H22N4O2/c1-26-20-15-28(13-12-17-14-25-19-11-7-6-10-18(17)19)22(16-8-4-3-5-9-16)21(20)23(29)27(2)24(26)30/h3-11,14-15,25H,12-13H2,1-2H3. The van der Waals surface area contributed by atoms with Crippen LogP contribution in [0.3, 0.4) is 0 Å². The molecular formula is C24H22N4O2. The summed E-state index contributed by atoms with van der Waals surface area (Å²) in [6.45, 7) is 0.693. The van der Waals surface area contributed by atoms with E-state index in [0.29, 0.717) is 17.4 Å². The van der Waals surface area contributed by atoms with Gasteiger partial charge in [-0.1, -0.05) is 48.5 Å². The molecule has 0 unspecified atom stereocenters. The fraction of sp³-hybridized carbons (Fsp3) is 0.167. The highest BCUT2D eigenvalue weighted by atomic mass is 16.2. The van der Waals surface area contributed by atoms with Crippen molar-refractivity contribution in [2.45, 2.75) is 13.0 Å². The largest absolute Gasteiger partial charge is 0.361 e. The maximum atomic E-state index is 13.0. The predicted octanol–water partition coefficient (Wildman–Crippen LogP) is 3.43. The van der Waals surface area contributed by atoms with Crippen molar-refractivity contribution in [3.63, 3.8) is 0 Å². The van der Waals surface area contributed by atoms with Crippen LogP contribution < -0.4 is 11.2 Å². The van der Waals surface area contributed by atoms with E-state index < -0.39 is 0 Å². The molecule has 30 heavy (non-hydrogen) atoms. The topological polar surface area (TPSA) is 64.7 Å². The minimum absolute atomic E-state index is 0.266. The molecule has 0 spiro atoms. The number of aromatic nitrogens is 4. The molecule has 0 radical (unpaired) electrons. The Labute approximate surface area is 172 Å². The first-order chi connectivity index (χ1) is 14.6. The van der Waals surface area contributed by atoms with Crippen LogP contribution in [0.5, 0.6) is 0 Å². The number of fused-ring (bicyclic) bond motifs is 2. The van der Waals surface area contributed by atoms with Gasteiger partial charge in [-0.2, -0.15) is 0 Å². The molecule has 6 nitrogen and oxygen atoms in total. The minimum Gasteiger partial charge on any atom is -0.361 e. The molecule has 5 rings (SSSR count). The molecule has 0 atom stereocenters.